The Hall–Kier alpha value is -1.79. The number of aliphatic carboxylic acids is 1. The van der Waals surface area contributed by atoms with Gasteiger partial charge >= 0.3 is 12.1 Å². The smallest absolute Gasteiger partial charge is 0.412 e. The van der Waals surface area contributed by atoms with E-state index in [0.717, 1.165) is 6.08 Å². The molecule has 21 heavy (non-hydrogen) atoms. The number of rotatable bonds is 2. The van der Waals surface area contributed by atoms with Crippen LogP contribution in [0.3, 0.4) is 0 Å². The lowest BCUT2D eigenvalue weighted by Crippen LogP contribution is -2.44. The van der Waals surface area contributed by atoms with Crippen LogP contribution in [-0.4, -0.2) is 41.1 Å². The Morgan fingerprint density at radius 2 is 1.81 bits per heavy atom. The van der Waals surface area contributed by atoms with Crippen LogP contribution in [0.2, 0.25) is 0 Å². The zero-order chi connectivity index (χ0) is 15.6. The maximum atomic E-state index is 12.5. The summed E-state index contributed by atoms with van der Waals surface area (Å²) in [4.78, 5) is 24.8. The van der Waals surface area contributed by atoms with Crippen LogP contribution in [-0.2, 0) is 9.59 Å². The van der Waals surface area contributed by atoms with Crippen molar-refractivity contribution in [3.05, 3.63) is 23.8 Å². The predicted molar refractivity (Wildman–Crippen MR) is 68.3 cm³/mol. The summed E-state index contributed by atoms with van der Waals surface area (Å²) in [7, 11) is 0. The molecule has 2 atom stereocenters. The molecule has 0 aromatic rings. The summed E-state index contributed by atoms with van der Waals surface area (Å²) in [6.07, 6.45) is 0.492. The van der Waals surface area contributed by atoms with Gasteiger partial charge in [0.15, 0.2) is 0 Å². The van der Waals surface area contributed by atoms with E-state index >= 15 is 0 Å². The molecule has 0 aromatic heterocycles. The second-order valence-electron chi connectivity index (χ2n) is 5.26. The number of carboxylic acid groups (broad SMARTS) is 1. The number of allylic oxidation sites excluding steroid dienone is 2. The summed E-state index contributed by atoms with van der Waals surface area (Å²) in [6, 6.07) is 0. The molecule has 0 radical (unpaired) electrons. The Kier molecular flexibility index (Phi) is 4.39. The van der Waals surface area contributed by atoms with Crippen molar-refractivity contribution in [2.45, 2.75) is 25.4 Å². The van der Waals surface area contributed by atoms with Crippen molar-refractivity contribution in [2.24, 2.45) is 11.8 Å². The summed E-state index contributed by atoms with van der Waals surface area (Å²) in [5, 5.41) is 9.14. The van der Waals surface area contributed by atoms with E-state index in [0.29, 0.717) is 6.42 Å². The van der Waals surface area contributed by atoms with E-state index in [1.54, 1.807) is 12.2 Å². The van der Waals surface area contributed by atoms with Gasteiger partial charge in [-0.05, 0) is 19.3 Å². The molecule has 116 valence electrons. The van der Waals surface area contributed by atoms with Gasteiger partial charge in [-0.2, -0.15) is 13.2 Å². The van der Waals surface area contributed by atoms with E-state index in [1.807, 2.05) is 0 Å². The number of amides is 1. The molecule has 0 saturated heterocycles. The molecule has 2 aliphatic rings. The van der Waals surface area contributed by atoms with Crippen molar-refractivity contribution >= 4 is 11.9 Å². The lowest BCUT2D eigenvalue weighted by molar-refractivity contribution is -0.150. The SMILES string of the molecule is O=C(O)[C@H]1CC=CC[C@H]1C(=O)N1CC=C(C(F)(F)F)CC1. The van der Waals surface area contributed by atoms with Gasteiger partial charge in [0.25, 0.3) is 0 Å². The minimum atomic E-state index is -4.35. The van der Waals surface area contributed by atoms with Gasteiger partial charge < -0.3 is 10.0 Å². The fourth-order valence-electron chi connectivity index (χ4n) is 2.72. The second-order valence-corrected chi connectivity index (χ2v) is 5.26. The molecule has 1 aliphatic heterocycles. The van der Waals surface area contributed by atoms with Gasteiger partial charge in [-0.3, -0.25) is 9.59 Å². The van der Waals surface area contributed by atoms with Gasteiger partial charge in [0.2, 0.25) is 5.91 Å². The average molecular weight is 303 g/mol. The molecule has 0 saturated carbocycles. The van der Waals surface area contributed by atoms with E-state index in [-0.39, 0.29) is 31.8 Å². The van der Waals surface area contributed by atoms with Crippen molar-refractivity contribution in [1.29, 1.82) is 0 Å². The summed E-state index contributed by atoms with van der Waals surface area (Å²) in [5.74, 6) is -2.89. The molecule has 2 rings (SSSR count). The Morgan fingerprint density at radius 1 is 1.19 bits per heavy atom. The number of carbonyl (C=O) groups is 2. The normalized spacial score (nSPS) is 26.4. The van der Waals surface area contributed by atoms with E-state index in [4.69, 9.17) is 5.11 Å². The van der Waals surface area contributed by atoms with Crippen molar-refractivity contribution in [1.82, 2.24) is 4.90 Å². The quantitative estimate of drug-likeness (QED) is 0.797. The monoisotopic (exact) mass is 303 g/mol. The summed E-state index contributed by atoms with van der Waals surface area (Å²) in [6.45, 7) is -0.128. The highest BCUT2D eigenvalue weighted by atomic mass is 19.4. The zero-order valence-corrected chi connectivity index (χ0v) is 11.3. The number of carboxylic acids is 1. The standard InChI is InChI=1S/C14H16F3NO3/c15-14(16,17)9-5-7-18(8-6-9)12(19)10-3-1-2-4-11(10)13(20)21/h1-2,5,10-11H,3-4,6-8H2,(H,20,21)/t10-,11+/m1/s1. The Labute approximate surface area is 119 Å². The predicted octanol–water partition coefficient (Wildman–Crippen LogP) is 2.37. The van der Waals surface area contributed by atoms with Crippen LogP contribution in [0.4, 0.5) is 13.2 Å². The lowest BCUT2D eigenvalue weighted by atomic mass is 9.82. The molecular formula is C14H16F3NO3. The lowest BCUT2D eigenvalue weighted by Gasteiger charge is -2.33. The van der Waals surface area contributed by atoms with Crippen LogP contribution in [0.15, 0.2) is 23.8 Å². The molecule has 1 amide bonds. The van der Waals surface area contributed by atoms with Crippen LogP contribution in [0.1, 0.15) is 19.3 Å². The van der Waals surface area contributed by atoms with Gasteiger partial charge in [0.1, 0.15) is 0 Å². The molecule has 7 heteroatoms. The van der Waals surface area contributed by atoms with Crippen LogP contribution in [0, 0.1) is 11.8 Å². The van der Waals surface area contributed by atoms with E-state index in [1.165, 1.54) is 4.90 Å². The number of nitrogens with zero attached hydrogens (tertiary/aromatic N) is 1. The molecule has 0 unspecified atom stereocenters. The third-order valence-electron chi connectivity index (χ3n) is 3.95. The highest BCUT2D eigenvalue weighted by Crippen LogP contribution is 2.32. The van der Waals surface area contributed by atoms with Crippen LogP contribution >= 0.6 is 0 Å². The fourth-order valence-corrected chi connectivity index (χ4v) is 2.72. The summed E-state index contributed by atoms with van der Waals surface area (Å²) < 4.78 is 37.6. The topological polar surface area (TPSA) is 57.6 Å². The summed E-state index contributed by atoms with van der Waals surface area (Å²) in [5.41, 5.74) is -0.620. The molecule has 4 nitrogen and oxygen atoms in total. The van der Waals surface area contributed by atoms with E-state index in [2.05, 4.69) is 0 Å². The van der Waals surface area contributed by atoms with Crippen LogP contribution in [0.25, 0.3) is 0 Å². The molecular weight excluding hydrogens is 287 g/mol. The molecule has 1 N–H and O–H groups in total. The van der Waals surface area contributed by atoms with Crippen molar-refractivity contribution in [2.75, 3.05) is 13.1 Å². The molecule has 0 spiro atoms. The van der Waals surface area contributed by atoms with Crippen LogP contribution < -0.4 is 0 Å². The number of halogens is 3. The third kappa shape index (κ3) is 3.46. The molecule has 1 heterocycles. The van der Waals surface area contributed by atoms with Crippen LogP contribution in [0.5, 0.6) is 0 Å². The Morgan fingerprint density at radius 3 is 2.29 bits per heavy atom. The second kappa shape index (κ2) is 5.91. The van der Waals surface area contributed by atoms with Gasteiger partial charge in [-0.15, -0.1) is 0 Å². The number of alkyl halides is 3. The first kappa shape index (κ1) is 15.6. The van der Waals surface area contributed by atoms with Gasteiger partial charge in [0, 0.05) is 18.7 Å². The first-order valence-electron chi connectivity index (χ1n) is 6.73. The number of carbonyl (C=O) groups excluding carboxylic acids is 1. The number of hydrogen-bond donors (Lipinski definition) is 1. The maximum Gasteiger partial charge on any atom is 0.412 e. The minimum absolute atomic E-state index is 0.0171. The third-order valence-corrected chi connectivity index (χ3v) is 3.95. The van der Waals surface area contributed by atoms with E-state index < -0.39 is 29.6 Å². The zero-order valence-electron chi connectivity index (χ0n) is 11.3. The largest absolute Gasteiger partial charge is 0.481 e. The number of hydrogen-bond acceptors (Lipinski definition) is 2. The van der Waals surface area contributed by atoms with Crippen molar-refractivity contribution in [3.63, 3.8) is 0 Å². The van der Waals surface area contributed by atoms with Gasteiger partial charge in [-0.1, -0.05) is 18.2 Å². The van der Waals surface area contributed by atoms with Crippen molar-refractivity contribution < 1.29 is 27.9 Å². The van der Waals surface area contributed by atoms with E-state index in [9.17, 15) is 22.8 Å². The Bertz CT molecular complexity index is 496. The molecule has 0 fully saturated rings. The Balaban J connectivity index is 2.06. The minimum Gasteiger partial charge on any atom is -0.481 e. The average Bonchev–Trinajstić information content (AvgIpc) is 2.45. The highest BCUT2D eigenvalue weighted by molar-refractivity contribution is 5.85. The maximum absolute atomic E-state index is 12.5. The first-order valence-corrected chi connectivity index (χ1v) is 6.73. The highest BCUT2D eigenvalue weighted by Gasteiger charge is 2.39. The van der Waals surface area contributed by atoms with Crippen molar-refractivity contribution in [3.8, 4) is 0 Å². The molecule has 1 aliphatic carbocycles. The molecule has 0 aromatic carbocycles. The summed E-state index contributed by atoms with van der Waals surface area (Å²) >= 11 is 0. The fraction of sp³-hybridized carbons (Fsp3) is 0.571. The van der Waals surface area contributed by atoms with Gasteiger partial charge in [0.05, 0.1) is 11.8 Å². The molecule has 0 bridgehead atoms. The van der Waals surface area contributed by atoms with Gasteiger partial charge in [-0.25, -0.2) is 0 Å². The first-order chi connectivity index (χ1) is 9.80.